The van der Waals surface area contributed by atoms with Crippen LogP contribution in [0.2, 0.25) is 5.02 Å². The van der Waals surface area contributed by atoms with Gasteiger partial charge in [-0.3, -0.25) is 19.2 Å². The van der Waals surface area contributed by atoms with Gasteiger partial charge in [0.05, 0.1) is 28.7 Å². The zero-order chi connectivity index (χ0) is 25.0. The number of hydrogen-bond acceptors (Lipinski definition) is 5. The molecule has 35 heavy (non-hydrogen) atoms. The van der Waals surface area contributed by atoms with Crippen molar-refractivity contribution < 1.29 is 22.8 Å². The van der Waals surface area contributed by atoms with Gasteiger partial charge >= 0.3 is 6.18 Å². The molecule has 0 unspecified atom stereocenters. The molecule has 0 radical (unpaired) electrons. The molecule has 182 valence electrons. The lowest BCUT2D eigenvalue weighted by Crippen LogP contribution is -2.55. The Morgan fingerprint density at radius 3 is 2.63 bits per heavy atom. The number of fused-ring (bicyclic) bond motifs is 1. The molecule has 2 heterocycles. The molecular formula is C24H20ClF3N4O2S. The SMILES string of the molecule is NC1(CN2C(=O)S/C(=C\c3ccc4c(cnn4Cc4ccc(Cl)cc4C(F)(F)F)c3)C2=O)CCC1. The number of alkyl halides is 3. The highest BCUT2D eigenvalue weighted by atomic mass is 35.5. The maximum Gasteiger partial charge on any atom is 0.416 e. The Kier molecular flexibility index (Phi) is 5.93. The number of thioether (sulfide) groups is 1. The van der Waals surface area contributed by atoms with Crippen molar-refractivity contribution in [2.75, 3.05) is 6.54 Å². The molecule has 6 nitrogen and oxygen atoms in total. The number of nitrogens with two attached hydrogens (primary N) is 1. The number of amides is 2. The van der Waals surface area contributed by atoms with Crippen LogP contribution in [0.15, 0.2) is 47.5 Å². The number of imide groups is 1. The normalized spacial score (nSPS) is 19.1. The molecule has 1 saturated heterocycles. The molecular weight excluding hydrogens is 501 g/mol. The van der Waals surface area contributed by atoms with Crippen molar-refractivity contribution in [2.24, 2.45) is 5.73 Å². The predicted octanol–water partition coefficient (Wildman–Crippen LogP) is 5.67. The summed E-state index contributed by atoms with van der Waals surface area (Å²) in [5.74, 6) is -0.366. The van der Waals surface area contributed by atoms with Gasteiger partial charge in [-0.05, 0) is 72.5 Å². The van der Waals surface area contributed by atoms with Gasteiger partial charge in [0, 0.05) is 22.5 Å². The van der Waals surface area contributed by atoms with Crippen LogP contribution in [0.3, 0.4) is 0 Å². The third kappa shape index (κ3) is 4.70. The third-order valence-corrected chi connectivity index (χ3v) is 7.50. The first-order valence-corrected chi connectivity index (χ1v) is 12.1. The molecule has 5 rings (SSSR count). The second-order valence-corrected chi connectivity index (χ2v) is 10.3. The minimum Gasteiger partial charge on any atom is -0.324 e. The van der Waals surface area contributed by atoms with Crippen molar-refractivity contribution in [3.8, 4) is 0 Å². The Bertz CT molecular complexity index is 1380. The molecule has 3 aromatic rings. The highest BCUT2D eigenvalue weighted by Crippen LogP contribution is 2.37. The number of benzene rings is 2. The summed E-state index contributed by atoms with van der Waals surface area (Å²) in [7, 11) is 0. The fourth-order valence-electron chi connectivity index (χ4n) is 4.32. The van der Waals surface area contributed by atoms with E-state index in [1.165, 1.54) is 21.7 Å². The van der Waals surface area contributed by atoms with E-state index in [4.69, 9.17) is 17.3 Å². The Balaban J connectivity index is 1.39. The second kappa shape index (κ2) is 8.69. The van der Waals surface area contributed by atoms with Crippen LogP contribution in [0.5, 0.6) is 0 Å². The van der Waals surface area contributed by atoms with E-state index in [0.29, 0.717) is 21.4 Å². The van der Waals surface area contributed by atoms with Crippen LogP contribution in [0, 0.1) is 0 Å². The second-order valence-electron chi connectivity index (χ2n) is 8.90. The molecule has 2 aromatic carbocycles. The van der Waals surface area contributed by atoms with Crippen molar-refractivity contribution in [1.82, 2.24) is 14.7 Å². The molecule has 0 atom stereocenters. The van der Waals surface area contributed by atoms with Gasteiger partial charge in [-0.15, -0.1) is 0 Å². The molecule has 0 spiro atoms. The summed E-state index contributed by atoms with van der Waals surface area (Å²) in [5, 5.41) is 4.61. The summed E-state index contributed by atoms with van der Waals surface area (Å²) in [4.78, 5) is 26.7. The van der Waals surface area contributed by atoms with Gasteiger partial charge in [0.25, 0.3) is 11.1 Å². The van der Waals surface area contributed by atoms with E-state index in [0.717, 1.165) is 37.1 Å². The van der Waals surface area contributed by atoms with Gasteiger partial charge in [-0.1, -0.05) is 23.7 Å². The number of carbonyl (C=O) groups excluding carboxylic acids is 2. The lowest BCUT2D eigenvalue weighted by atomic mass is 9.77. The van der Waals surface area contributed by atoms with Gasteiger partial charge in [-0.2, -0.15) is 18.3 Å². The summed E-state index contributed by atoms with van der Waals surface area (Å²) in [6.07, 6.45) is 1.21. The number of rotatable bonds is 5. The average molecular weight is 521 g/mol. The van der Waals surface area contributed by atoms with Crippen LogP contribution in [0.25, 0.3) is 17.0 Å². The van der Waals surface area contributed by atoms with Gasteiger partial charge in [0.1, 0.15) is 0 Å². The van der Waals surface area contributed by atoms with Gasteiger partial charge in [0.15, 0.2) is 0 Å². The molecule has 1 aromatic heterocycles. The quantitative estimate of drug-likeness (QED) is 0.438. The van der Waals surface area contributed by atoms with E-state index < -0.39 is 17.3 Å². The Hall–Kier alpha value is -2.82. The molecule has 2 N–H and O–H groups in total. The minimum absolute atomic E-state index is 0.00905. The fraction of sp³-hybridized carbons (Fsp3) is 0.292. The van der Waals surface area contributed by atoms with Crippen LogP contribution in [-0.4, -0.2) is 37.9 Å². The zero-order valence-corrected chi connectivity index (χ0v) is 19.9. The molecule has 2 fully saturated rings. The van der Waals surface area contributed by atoms with E-state index >= 15 is 0 Å². The zero-order valence-electron chi connectivity index (χ0n) is 18.3. The highest BCUT2D eigenvalue weighted by Gasteiger charge is 2.42. The van der Waals surface area contributed by atoms with Crippen LogP contribution in [0.4, 0.5) is 18.0 Å². The molecule has 11 heteroatoms. The highest BCUT2D eigenvalue weighted by molar-refractivity contribution is 8.18. The van der Waals surface area contributed by atoms with Gasteiger partial charge < -0.3 is 5.73 Å². The minimum atomic E-state index is -4.54. The Morgan fingerprint density at radius 1 is 1.17 bits per heavy atom. The van der Waals surface area contributed by atoms with Crippen LogP contribution in [0.1, 0.15) is 36.0 Å². The number of carbonyl (C=O) groups is 2. The van der Waals surface area contributed by atoms with Crippen molar-refractivity contribution in [3.05, 3.63) is 69.2 Å². The largest absolute Gasteiger partial charge is 0.416 e. The summed E-state index contributed by atoms with van der Waals surface area (Å²) >= 11 is 6.65. The lowest BCUT2D eigenvalue weighted by molar-refractivity contribution is -0.138. The van der Waals surface area contributed by atoms with Crippen LogP contribution < -0.4 is 5.73 Å². The number of nitrogens with zero attached hydrogens (tertiary/aromatic N) is 3. The molecule has 1 saturated carbocycles. The van der Waals surface area contributed by atoms with Crippen molar-refractivity contribution >= 4 is 51.5 Å². The maximum absolute atomic E-state index is 13.5. The van der Waals surface area contributed by atoms with Gasteiger partial charge in [0.2, 0.25) is 0 Å². The average Bonchev–Trinajstić information content (AvgIpc) is 3.28. The predicted molar refractivity (Wildman–Crippen MR) is 129 cm³/mol. The first kappa shape index (κ1) is 23.9. The van der Waals surface area contributed by atoms with Crippen LogP contribution in [-0.2, 0) is 17.5 Å². The van der Waals surface area contributed by atoms with E-state index in [-0.39, 0.29) is 34.8 Å². The van der Waals surface area contributed by atoms with E-state index in [1.807, 2.05) is 0 Å². The van der Waals surface area contributed by atoms with E-state index in [2.05, 4.69) is 5.10 Å². The lowest BCUT2D eigenvalue weighted by Gasteiger charge is -2.39. The number of hydrogen-bond donors (Lipinski definition) is 1. The summed E-state index contributed by atoms with van der Waals surface area (Å²) in [5.41, 5.74) is 6.27. The first-order valence-electron chi connectivity index (χ1n) is 10.9. The fourth-order valence-corrected chi connectivity index (χ4v) is 5.34. The third-order valence-electron chi connectivity index (χ3n) is 6.36. The van der Waals surface area contributed by atoms with Crippen molar-refractivity contribution in [2.45, 2.75) is 37.5 Å². The first-order chi connectivity index (χ1) is 16.5. The number of aromatic nitrogens is 2. The Labute approximate surface area is 207 Å². The maximum atomic E-state index is 13.5. The monoisotopic (exact) mass is 520 g/mol. The van der Waals surface area contributed by atoms with E-state index in [1.54, 1.807) is 30.5 Å². The standard InChI is InChI=1S/C24H20ClF3N4O2S/c25-17-4-3-15(18(10-17)24(26,27)28)12-32-19-5-2-14(8-16(19)11-30-32)9-20-21(33)31(22(34)35-20)13-23(29)6-1-7-23/h2-5,8-11H,1,6-7,12-13,29H2/b20-9-. The topological polar surface area (TPSA) is 81.2 Å². The van der Waals surface area contributed by atoms with Gasteiger partial charge in [-0.25, -0.2) is 0 Å². The van der Waals surface area contributed by atoms with Crippen molar-refractivity contribution in [3.63, 3.8) is 0 Å². The summed E-state index contributed by atoms with van der Waals surface area (Å²) in [6, 6.07) is 8.90. The molecule has 2 aliphatic rings. The Morgan fingerprint density at radius 2 is 1.94 bits per heavy atom. The summed E-state index contributed by atoms with van der Waals surface area (Å²) < 4.78 is 41.9. The van der Waals surface area contributed by atoms with E-state index in [9.17, 15) is 22.8 Å². The molecule has 0 bridgehead atoms. The number of halogens is 4. The van der Waals surface area contributed by atoms with Crippen LogP contribution >= 0.6 is 23.4 Å². The smallest absolute Gasteiger partial charge is 0.324 e. The summed E-state index contributed by atoms with van der Waals surface area (Å²) in [6.45, 7) is 0.125. The van der Waals surface area contributed by atoms with Crippen molar-refractivity contribution in [1.29, 1.82) is 0 Å². The molecule has 1 aliphatic carbocycles. The molecule has 1 aliphatic heterocycles. The molecule has 2 amide bonds.